The van der Waals surface area contributed by atoms with Gasteiger partial charge in [0.25, 0.3) is 0 Å². The summed E-state index contributed by atoms with van der Waals surface area (Å²) in [6.45, 7) is 0. The highest BCUT2D eigenvalue weighted by Gasteiger charge is 2.18. The molecule has 0 bridgehead atoms. The number of hydrogen-bond acceptors (Lipinski definition) is 4. The number of carbonyl (C=O) groups is 1. The largest absolute Gasteiger partial charge is 0.286 e. The Kier molecular flexibility index (Phi) is 6.49. The molecule has 4 nitrogen and oxygen atoms in total. The first-order valence-corrected chi connectivity index (χ1v) is 9.67. The van der Waals surface area contributed by atoms with E-state index in [1.165, 1.54) is 37.7 Å². The van der Waals surface area contributed by atoms with Gasteiger partial charge in [0.15, 0.2) is 0 Å². The second-order valence-electron chi connectivity index (χ2n) is 6.63. The molecule has 0 radical (unpaired) electrons. The van der Waals surface area contributed by atoms with Crippen molar-refractivity contribution in [1.82, 2.24) is 0 Å². The normalized spacial score (nSPS) is 15.2. The minimum absolute atomic E-state index is 0.225. The van der Waals surface area contributed by atoms with Crippen LogP contribution in [0.4, 0.5) is 5.69 Å². The van der Waals surface area contributed by atoms with E-state index in [1.807, 2.05) is 18.2 Å². The van der Waals surface area contributed by atoms with Gasteiger partial charge < -0.3 is 0 Å². The van der Waals surface area contributed by atoms with Gasteiger partial charge in [-0.2, -0.15) is 10.4 Å². The summed E-state index contributed by atoms with van der Waals surface area (Å²) in [5.41, 5.74) is 4.64. The van der Waals surface area contributed by atoms with Crippen LogP contribution in [0.15, 0.2) is 47.6 Å². The van der Waals surface area contributed by atoms with E-state index in [2.05, 4.69) is 10.5 Å². The molecule has 0 aliphatic heterocycles. The fourth-order valence-corrected chi connectivity index (χ4v) is 3.87. The Morgan fingerprint density at radius 2 is 1.67 bits per heavy atom. The molecular weight excluding hydrogens is 381 g/mol. The van der Waals surface area contributed by atoms with Crippen LogP contribution in [-0.2, 0) is 0 Å². The Morgan fingerprint density at radius 3 is 2.26 bits per heavy atom. The number of hydrogen-bond donors (Lipinski definition) is 1. The predicted octanol–water partition coefficient (Wildman–Crippen LogP) is 6.22. The minimum atomic E-state index is -0.423. The van der Waals surface area contributed by atoms with Crippen LogP contribution < -0.4 is 5.43 Å². The number of hydrazone groups is 1. The van der Waals surface area contributed by atoms with Crippen LogP contribution in [0, 0.1) is 11.3 Å². The maximum atomic E-state index is 12.6. The first-order chi connectivity index (χ1) is 13.1. The molecule has 27 heavy (non-hydrogen) atoms. The van der Waals surface area contributed by atoms with E-state index in [0.29, 0.717) is 27.2 Å². The van der Waals surface area contributed by atoms with Crippen LogP contribution in [-0.4, -0.2) is 11.5 Å². The van der Waals surface area contributed by atoms with E-state index in [-0.39, 0.29) is 5.71 Å². The molecule has 2 aromatic rings. The number of halogens is 2. The second-order valence-corrected chi connectivity index (χ2v) is 7.50. The van der Waals surface area contributed by atoms with Crippen LogP contribution in [0.25, 0.3) is 0 Å². The summed E-state index contributed by atoms with van der Waals surface area (Å²) in [6, 6.07) is 14.2. The molecule has 2 aromatic carbocycles. The quantitative estimate of drug-likeness (QED) is 0.368. The molecule has 0 atom stereocenters. The highest BCUT2D eigenvalue weighted by atomic mass is 35.5. The standard InChI is InChI=1S/C21H19Cl2N3O/c22-17-10-18(23)12-19(11-17)25-26-20(13-24)21(27)16-8-6-15(7-9-16)14-4-2-1-3-5-14/h6-12,14,25H,1-5H2/b26-20+. The lowest BCUT2D eigenvalue weighted by atomic mass is 9.84. The highest BCUT2D eigenvalue weighted by molar-refractivity contribution is 6.51. The number of Topliss-reactive ketones (excluding diaryl/α,β-unsaturated/α-hetero) is 1. The molecule has 0 amide bonds. The van der Waals surface area contributed by atoms with Crippen molar-refractivity contribution in [3.8, 4) is 6.07 Å². The Balaban J connectivity index is 1.73. The Bertz CT molecular complexity index is 874. The molecule has 0 spiro atoms. The van der Waals surface area contributed by atoms with Gasteiger partial charge in [0, 0.05) is 15.6 Å². The smallest absolute Gasteiger partial charge is 0.223 e. The van der Waals surface area contributed by atoms with Gasteiger partial charge >= 0.3 is 0 Å². The van der Waals surface area contributed by atoms with Crippen LogP contribution >= 0.6 is 23.2 Å². The van der Waals surface area contributed by atoms with Crippen molar-refractivity contribution in [3.05, 3.63) is 63.6 Å². The van der Waals surface area contributed by atoms with Gasteiger partial charge in [-0.15, -0.1) is 0 Å². The average molecular weight is 400 g/mol. The molecule has 0 unspecified atom stereocenters. The molecule has 0 saturated heterocycles. The molecule has 0 heterocycles. The number of nitrogens with zero attached hydrogens (tertiary/aromatic N) is 2. The number of benzene rings is 2. The minimum Gasteiger partial charge on any atom is -0.286 e. The third kappa shape index (κ3) is 5.09. The summed E-state index contributed by atoms with van der Waals surface area (Å²) in [6.07, 6.45) is 6.22. The van der Waals surface area contributed by atoms with E-state index in [4.69, 9.17) is 23.2 Å². The van der Waals surface area contributed by atoms with E-state index in [0.717, 1.165) is 0 Å². The zero-order valence-electron chi connectivity index (χ0n) is 14.7. The molecule has 1 fully saturated rings. The maximum Gasteiger partial charge on any atom is 0.223 e. The summed E-state index contributed by atoms with van der Waals surface area (Å²) in [7, 11) is 0. The summed E-state index contributed by atoms with van der Waals surface area (Å²) >= 11 is 11.9. The predicted molar refractivity (Wildman–Crippen MR) is 110 cm³/mol. The van der Waals surface area contributed by atoms with Crippen molar-refractivity contribution in [2.75, 3.05) is 5.43 Å². The fraction of sp³-hybridized carbons (Fsp3) is 0.286. The van der Waals surface area contributed by atoms with Gasteiger partial charge in [0.05, 0.1) is 5.69 Å². The first-order valence-electron chi connectivity index (χ1n) is 8.91. The first kappa shape index (κ1) is 19.4. The lowest BCUT2D eigenvalue weighted by Crippen LogP contribution is -2.14. The summed E-state index contributed by atoms with van der Waals surface area (Å²) in [4.78, 5) is 12.6. The van der Waals surface area contributed by atoms with Crippen LogP contribution in [0.1, 0.15) is 53.9 Å². The summed E-state index contributed by atoms with van der Waals surface area (Å²) in [5, 5.41) is 14.1. The van der Waals surface area contributed by atoms with E-state index >= 15 is 0 Å². The maximum absolute atomic E-state index is 12.6. The molecule has 1 aliphatic rings. The number of anilines is 1. The topological polar surface area (TPSA) is 65.2 Å². The van der Waals surface area contributed by atoms with Crippen molar-refractivity contribution in [2.24, 2.45) is 5.10 Å². The Hall–Kier alpha value is -2.35. The van der Waals surface area contributed by atoms with Crippen LogP contribution in [0.5, 0.6) is 0 Å². The Labute approximate surface area is 168 Å². The highest BCUT2D eigenvalue weighted by Crippen LogP contribution is 2.32. The summed E-state index contributed by atoms with van der Waals surface area (Å²) in [5.74, 6) is 0.148. The third-order valence-corrected chi connectivity index (χ3v) is 5.17. The molecule has 1 aliphatic carbocycles. The van der Waals surface area contributed by atoms with Crippen molar-refractivity contribution in [1.29, 1.82) is 5.26 Å². The van der Waals surface area contributed by atoms with Crippen LogP contribution in [0.2, 0.25) is 10.0 Å². The number of carbonyl (C=O) groups excluding carboxylic acids is 1. The van der Waals surface area contributed by atoms with Crippen LogP contribution in [0.3, 0.4) is 0 Å². The average Bonchev–Trinajstić information content (AvgIpc) is 2.68. The number of nitrogens with one attached hydrogen (secondary N) is 1. The zero-order chi connectivity index (χ0) is 19.2. The van der Waals surface area contributed by atoms with Crippen molar-refractivity contribution < 1.29 is 4.79 Å². The molecule has 138 valence electrons. The lowest BCUT2D eigenvalue weighted by molar-refractivity contribution is 0.106. The van der Waals surface area contributed by atoms with Gasteiger partial charge in [0.2, 0.25) is 11.5 Å². The lowest BCUT2D eigenvalue weighted by Gasteiger charge is -2.21. The molecule has 0 aromatic heterocycles. The van der Waals surface area contributed by atoms with Gasteiger partial charge in [-0.1, -0.05) is 66.7 Å². The Morgan fingerprint density at radius 1 is 1.04 bits per heavy atom. The molecule has 3 rings (SSSR count). The number of nitriles is 1. The van der Waals surface area contributed by atoms with E-state index in [9.17, 15) is 10.1 Å². The molecule has 6 heteroatoms. The van der Waals surface area contributed by atoms with Crippen molar-refractivity contribution in [3.63, 3.8) is 0 Å². The van der Waals surface area contributed by atoms with E-state index in [1.54, 1.807) is 30.3 Å². The van der Waals surface area contributed by atoms with Gasteiger partial charge in [-0.25, -0.2) is 0 Å². The monoisotopic (exact) mass is 399 g/mol. The van der Waals surface area contributed by atoms with E-state index < -0.39 is 5.78 Å². The van der Waals surface area contributed by atoms with Gasteiger partial charge in [0.1, 0.15) is 6.07 Å². The summed E-state index contributed by atoms with van der Waals surface area (Å²) < 4.78 is 0. The molecular formula is C21H19Cl2N3O. The zero-order valence-corrected chi connectivity index (χ0v) is 16.2. The number of rotatable bonds is 5. The van der Waals surface area contributed by atoms with Gasteiger partial charge in [-0.3, -0.25) is 10.2 Å². The fourth-order valence-electron chi connectivity index (χ4n) is 3.34. The van der Waals surface area contributed by atoms with Gasteiger partial charge in [-0.05, 0) is 42.5 Å². The van der Waals surface area contributed by atoms with Crippen molar-refractivity contribution in [2.45, 2.75) is 38.0 Å². The molecule has 1 N–H and O–H groups in total. The van der Waals surface area contributed by atoms with Crippen molar-refractivity contribution >= 4 is 40.4 Å². The second kappa shape index (κ2) is 9.03. The third-order valence-electron chi connectivity index (χ3n) is 4.73. The number of ketones is 1. The molecule has 1 saturated carbocycles. The SMILES string of the molecule is N#C/C(=N\Nc1cc(Cl)cc(Cl)c1)C(=O)c1ccc(C2CCCCC2)cc1.